The van der Waals surface area contributed by atoms with Crippen molar-refractivity contribution in [1.29, 1.82) is 0 Å². The van der Waals surface area contributed by atoms with Gasteiger partial charge in [-0.25, -0.2) is 0 Å². The maximum absolute atomic E-state index is 5.99. The van der Waals surface area contributed by atoms with Crippen LogP contribution in [0.5, 0.6) is 5.75 Å². The highest BCUT2D eigenvalue weighted by Gasteiger charge is 2.08. The lowest BCUT2D eigenvalue weighted by molar-refractivity contribution is 0.0636. The summed E-state index contributed by atoms with van der Waals surface area (Å²) in [5.74, 6) is 0.875. The molecule has 0 fully saturated rings. The summed E-state index contributed by atoms with van der Waals surface area (Å²) in [5, 5.41) is 0. The van der Waals surface area contributed by atoms with Gasteiger partial charge in [0.05, 0.1) is 26.9 Å². The van der Waals surface area contributed by atoms with E-state index in [2.05, 4.69) is 0 Å². The third-order valence-corrected chi connectivity index (χ3v) is 2.44. The SMILES string of the molecule is COCCOCC(N)Cc1ccccc1OC. The van der Waals surface area contributed by atoms with Crippen molar-refractivity contribution in [3.63, 3.8) is 0 Å². The van der Waals surface area contributed by atoms with E-state index in [9.17, 15) is 0 Å². The Morgan fingerprint density at radius 1 is 1.18 bits per heavy atom. The molecule has 1 aromatic carbocycles. The van der Waals surface area contributed by atoms with Gasteiger partial charge < -0.3 is 19.9 Å². The van der Waals surface area contributed by atoms with E-state index >= 15 is 0 Å². The molecule has 96 valence electrons. The van der Waals surface area contributed by atoms with E-state index in [0.717, 1.165) is 17.7 Å². The average Bonchev–Trinajstić information content (AvgIpc) is 2.35. The third-order valence-electron chi connectivity index (χ3n) is 2.44. The molecule has 1 atom stereocenters. The van der Waals surface area contributed by atoms with Crippen LogP contribution in [0.1, 0.15) is 5.56 Å². The first-order valence-corrected chi connectivity index (χ1v) is 5.72. The highest BCUT2D eigenvalue weighted by Crippen LogP contribution is 2.18. The maximum atomic E-state index is 5.99. The lowest BCUT2D eigenvalue weighted by Gasteiger charge is -2.14. The molecule has 0 aliphatic heterocycles. The number of para-hydroxylation sites is 1. The number of nitrogens with two attached hydrogens (primary N) is 1. The molecular weight excluding hydrogens is 218 g/mol. The van der Waals surface area contributed by atoms with Gasteiger partial charge >= 0.3 is 0 Å². The highest BCUT2D eigenvalue weighted by atomic mass is 16.5. The summed E-state index contributed by atoms with van der Waals surface area (Å²) in [6.07, 6.45) is 0.747. The first-order chi connectivity index (χ1) is 8.27. The number of methoxy groups -OCH3 is 2. The molecule has 0 aliphatic rings. The van der Waals surface area contributed by atoms with E-state index < -0.39 is 0 Å². The highest BCUT2D eigenvalue weighted by molar-refractivity contribution is 5.33. The Morgan fingerprint density at radius 2 is 1.94 bits per heavy atom. The molecule has 1 unspecified atom stereocenters. The summed E-state index contributed by atoms with van der Waals surface area (Å²) in [6, 6.07) is 7.87. The molecule has 17 heavy (non-hydrogen) atoms. The van der Waals surface area contributed by atoms with Crippen LogP contribution in [0, 0.1) is 0 Å². The fourth-order valence-corrected chi connectivity index (χ4v) is 1.59. The van der Waals surface area contributed by atoms with Crippen LogP contribution in [0.25, 0.3) is 0 Å². The minimum Gasteiger partial charge on any atom is -0.496 e. The molecule has 2 N–H and O–H groups in total. The van der Waals surface area contributed by atoms with Gasteiger partial charge in [-0.1, -0.05) is 18.2 Å². The van der Waals surface area contributed by atoms with Crippen LogP contribution in [0.15, 0.2) is 24.3 Å². The van der Waals surface area contributed by atoms with Crippen LogP contribution in [0.2, 0.25) is 0 Å². The van der Waals surface area contributed by atoms with Crippen molar-refractivity contribution < 1.29 is 14.2 Å². The first-order valence-electron chi connectivity index (χ1n) is 5.72. The molecule has 0 bridgehead atoms. The lowest BCUT2D eigenvalue weighted by Crippen LogP contribution is -2.29. The van der Waals surface area contributed by atoms with Crippen molar-refractivity contribution in [3.05, 3.63) is 29.8 Å². The minimum atomic E-state index is -0.0249. The van der Waals surface area contributed by atoms with Gasteiger partial charge in [-0.3, -0.25) is 0 Å². The Bertz CT molecular complexity index is 317. The molecule has 0 amide bonds. The van der Waals surface area contributed by atoms with Crippen molar-refractivity contribution in [2.75, 3.05) is 34.0 Å². The van der Waals surface area contributed by atoms with Gasteiger partial charge in [-0.05, 0) is 18.1 Å². The van der Waals surface area contributed by atoms with Crippen LogP contribution in [-0.2, 0) is 15.9 Å². The second-order valence-corrected chi connectivity index (χ2v) is 3.84. The van der Waals surface area contributed by atoms with Gasteiger partial charge in [-0.2, -0.15) is 0 Å². The van der Waals surface area contributed by atoms with Gasteiger partial charge in [-0.15, -0.1) is 0 Å². The van der Waals surface area contributed by atoms with Crippen molar-refractivity contribution in [1.82, 2.24) is 0 Å². The summed E-state index contributed by atoms with van der Waals surface area (Å²) >= 11 is 0. The number of ether oxygens (including phenoxy) is 3. The molecule has 0 aromatic heterocycles. The normalized spacial score (nSPS) is 12.4. The van der Waals surface area contributed by atoms with E-state index in [1.165, 1.54) is 0 Å². The molecule has 4 heteroatoms. The Hall–Kier alpha value is -1.10. The van der Waals surface area contributed by atoms with E-state index in [-0.39, 0.29) is 6.04 Å². The third kappa shape index (κ3) is 5.17. The molecule has 1 rings (SSSR count). The van der Waals surface area contributed by atoms with Crippen LogP contribution in [0.3, 0.4) is 0 Å². The van der Waals surface area contributed by atoms with E-state index in [4.69, 9.17) is 19.9 Å². The zero-order valence-corrected chi connectivity index (χ0v) is 10.5. The molecule has 0 saturated carbocycles. The summed E-state index contributed by atoms with van der Waals surface area (Å²) in [6.45, 7) is 1.71. The van der Waals surface area contributed by atoms with Crippen LogP contribution in [0.4, 0.5) is 0 Å². The maximum Gasteiger partial charge on any atom is 0.122 e. The van der Waals surface area contributed by atoms with Gasteiger partial charge in [0, 0.05) is 13.2 Å². The van der Waals surface area contributed by atoms with Crippen LogP contribution < -0.4 is 10.5 Å². The van der Waals surface area contributed by atoms with Gasteiger partial charge in [0.2, 0.25) is 0 Å². The second-order valence-electron chi connectivity index (χ2n) is 3.84. The monoisotopic (exact) mass is 239 g/mol. The Labute approximate surface area is 103 Å². The second kappa shape index (κ2) is 8.06. The fourth-order valence-electron chi connectivity index (χ4n) is 1.59. The predicted octanol–water partition coefficient (Wildman–Crippen LogP) is 1.23. The molecule has 0 heterocycles. The molecule has 0 radical (unpaired) electrons. The topological polar surface area (TPSA) is 53.7 Å². The van der Waals surface area contributed by atoms with Gasteiger partial charge in [0.25, 0.3) is 0 Å². The van der Waals surface area contributed by atoms with E-state index in [0.29, 0.717) is 19.8 Å². The first kappa shape index (κ1) is 14.0. The summed E-state index contributed by atoms with van der Waals surface area (Å²) in [5.41, 5.74) is 7.10. The number of hydrogen-bond acceptors (Lipinski definition) is 4. The van der Waals surface area contributed by atoms with E-state index in [1.807, 2.05) is 24.3 Å². The van der Waals surface area contributed by atoms with Crippen molar-refractivity contribution in [2.24, 2.45) is 5.73 Å². The largest absolute Gasteiger partial charge is 0.496 e. The Morgan fingerprint density at radius 3 is 2.65 bits per heavy atom. The molecule has 1 aromatic rings. The Kier molecular flexibility index (Phi) is 6.62. The number of rotatable bonds is 8. The van der Waals surface area contributed by atoms with Crippen LogP contribution in [-0.4, -0.2) is 40.1 Å². The number of benzene rings is 1. The van der Waals surface area contributed by atoms with E-state index in [1.54, 1.807) is 14.2 Å². The standard InChI is InChI=1S/C13H21NO3/c1-15-7-8-17-10-12(14)9-11-5-3-4-6-13(11)16-2/h3-6,12H,7-10,14H2,1-2H3. The van der Waals surface area contributed by atoms with Crippen molar-refractivity contribution in [2.45, 2.75) is 12.5 Å². The summed E-state index contributed by atoms with van der Waals surface area (Å²) < 4.78 is 15.6. The van der Waals surface area contributed by atoms with Crippen molar-refractivity contribution in [3.8, 4) is 5.75 Å². The van der Waals surface area contributed by atoms with Crippen LogP contribution >= 0.6 is 0 Å². The smallest absolute Gasteiger partial charge is 0.122 e. The molecule has 0 saturated heterocycles. The average molecular weight is 239 g/mol. The fraction of sp³-hybridized carbons (Fsp3) is 0.538. The molecule has 0 aliphatic carbocycles. The quantitative estimate of drug-likeness (QED) is 0.693. The van der Waals surface area contributed by atoms with Gasteiger partial charge in [0.15, 0.2) is 0 Å². The summed E-state index contributed by atoms with van der Waals surface area (Å²) in [4.78, 5) is 0. The number of hydrogen-bond donors (Lipinski definition) is 1. The van der Waals surface area contributed by atoms with Gasteiger partial charge in [0.1, 0.15) is 5.75 Å². The molecular formula is C13H21NO3. The summed E-state index contributed by atoms with van der Waals surface area (Å²) in [7, 11) is 3.32. The molecule has 0 spiro atoms. The Balaban J connectivity index is 2.36. The minimum absolute atomic E-state index is 0.0249. The molecule has 4 nitrogen and oxygen atoms in total. The zero-order chi connectivity index (χ0) is 12.5. The van der Waals surface area contributed by atoms with Crippen molar-refractivity contribution >= 4 is 0 Å². The lowest BCUT2D eigenvalue weighted by atomic mass is 10.1. The zero-order valence-electron chi connectivity index (χ0n) is 10.5. The predicted molar refractivity (Wildman–Crippen MR) is 67.4 cm³/mol.